The maximum Gasteiger partial charge on any atom is 0.407 e. The minimum Gasteiger partial charge on any atom is -0.465 e. The Morgan fingerprint density at radius 3 is 2.68 bits per heavy atom. The van der Waals surface area contributed by atoms with Crippen LogP contribution in [0.25, 0.3) is 0 Å². The number of methoxy groups -OCH3 is 1. The summed E-state index contributed by atoms with van der Waals surface area (Å²) in [6.07, 6.45) is 0.969. The van der Waals surface area contributed by atoms with Gasteiger partial charge in [0.25, 0.3) is 0 Å². The third-order valence-electron chi connectivity index (χ3n) is 5.24. The minimum absolute atomic E-state index is 0.144. The first kappa shape index (κ1) is 22.6. The maximum absolute atomic E-state index is 12.4. The van der Waals surface area contributed by atoms with E-state index in [1.165, 1.54) is 7.11 Å². The standard InChI is InChI=1S/C24H30N2O5/c1-3-14-30-22-16-26(20-11-7-10-19(15-20)23(27)29-2)13-12-21(22)25-24(28)31-17-18-8-5-4-6-9-18/h4-11,15,21-22H,3,12-14,16-17H2,1-2H3,(H,25,28). The fourth-order valence-electron chi connectivity index (χ4n) is 3.62. The Morgan fingerprint density at radius 1 is 1.13 bits per heavy atom. The highest BCUT2D eigenvalue weighted by molar-refractivity contribution is 5.90. The van der Waals surface area contributed by atoms with Crippen LogP contribution in [0.3, 0.4) is 0 Å². The van der Waals surface area contributed by atoms with Gasteiger partial charge in [-0.2, -0.15) is 0 Å². The molecule has 0 aliphatic carbocycles. The third-order valence-corrected chi connectivity index (χ3v) is 5.24. The lowest BCUT2D eigenvalue weighted by molar-refractivity contribution is 0.0192. The van der Waals surface area contributed by atoms with E-state index >= 15 is 0 Å². The number of alkyl carbamates (subject to hydrolysis) is 1. The Balaban J connectivity index is 1.61. The average Bonchev–Trinajstić information content (AvgIpc) is 2.82. The Bertz CT molecular complexity index is 858. The van der Waals surface area contributed by atoms with E-state index in [4.69, 9.17) is 14.2 Å². The third kappa shape index (κ3) is 6.46. The van der Waals surface area contributed by atoms with Gasteiger partial charge in [0.05, 0.1) is 24.8 Å². The normalized spacial score (nSPS) is 18.3. The lowest BCUT2D eigenvalue weighted by Crippen LogP contribution is -2.55. The van der Waals surface area contributed by atoms with Gasteiger partial charge < -0.3 is 24.4 Å². The Kier molecular flexibility index (Phi) is 8.29. The zero-order valence-corrected chi connectivity index (χ0v) is 18.1. The van der Waals surface area contributed by atoms with Crippen molar-refractivity contribution in [1.29, 1.82) is 0 Å². The SMILES string of the molecule is CCCOC1CN(c2cccc(C(=O)OC)c2)CCC1NC(=O)OCc1ccccc1. The van der Waals surface area contributed by atoms with Gasteiger partial charge in [-0.05, 0) is 36.6 Å². The van der Waals surface area contributed by atoms with Crippen LogP contribution in [0.2, 0.25) is 0 Å². The van der Waals surface area contributed by atoms with Gasteiger partial charge in [-0.3, -0.25) is 0 Å². The molecule has 0 radical (unpaired) electrons. The monoisotopic (exact) mass is 426 g/mol. The van der Waals surface area contributed by atoms with E-state index in [-0.39, 0.29) is 24.7 Å². The summed E-state index contributed by atoms with van der Waals surface area (Å²) < 4.78 is 16.3. The minimum atomic E-state index is -0.444. The quantitative estimate of drug-likeness (QED) is 0.648. The number of nitrogens with zero attached hydrogens (tertiary/aromatic N) is 1. The van der Waals surface area contributed by atoms with Crippen LogP contribution in [0.1, 0.15) is 35.7 Å². The van der Waals surface area contributed by atoms with Crippen molar-refractivity contribution in [2.75, 3.05) is 31.7 Å². The molecule has 0 bridgehead atoms. The Labute approximate surface area is 183 Å². The van der Waals surface area contributed by atoms with E-state index in [1.807, 2.05) is 48.5 Å². The highest BCUT2D eigenvalue weighted by Gasteiger charge is 2.32. The highest BCUT2D eigenvalue weighted by atomic mass is 16.5. The van der Waals surface area contributed by atoms with Gasteiger partial charge in [0.1, 0.15) is 6.61 Å². The number of esters is 1. The van der Waals surface area contributed by atoms with Gasteiger partial charge in [0.2, 0.25) is 0 Å². The van der Waals surface area contributed by atoms with Gasteiger partial charge in [-0.25, -0.2) is 9.59 Å². The number of carbonyl (C=O) groups excluding carboxylic acids is 2. The molecule has 1 saturated heterocycles. The number of piperidine rings is 1. The molecule has 166 valence electrons. The molecule has 2 unspecified atom stereocenters. The maximum atomic E-state index is 12.4. The summed E-state index contributed by atoms with van der Waals surface area (Å²) in [6, 6.07) is 16.8. The molecule has 1 amide bonds. The molecule has 2 atom stereocenters. The number of amides is 1. The van der Waals surface area contributed by atoms with Gasteiger partial charge in [0.15, 0.2) is 0 Å². The number of anilines is 1. The molecule has 7 nitrogen and oxygen atoms in total. The van der Waals surface area contributed by atoms with E-state index in [2.05, 4.69) is 17.1 Å². The average molecular weight is 427 g/mol. The van der Waals surface area contributed by atoms with Crippen LogP contribution in [-0.2, 0) is 20.8 Å². The van der Waals surface area contributed by atoms with Crippen LogP contribution in [0.5, 0.6) is 0 Å². The summed E-state index contributed by atoms with van der Waals surface area (Å²) in [5.41, 5.74) is 2.38. The van der Waals surface area contributed by atoms with Crippen LogP contribution in [0, 0.1) is 0 Å². The van der Waals surface area contributed by atoms with Crippen molar-refractivity contribution in [2.45, 2.75) is 38.5 Å². The van der Waals surface area contributed by atoms with E-state index in [1.54, 1.807) is 6.07 Å². The number of rotatable bonds is 8. The fourth-order valence-corrected chi connectivity index (χ4v) is 3.62. The van der Waals surface area contributed by atoms with Crippen LogP contribution in [-0.4, -0.2) is 51.0 Å². The van der Waals surface area contributed by atoms with E-state index < -0.39 is 6.09 Å². The first-order valence-corrected chi connectivity index (χ1v) is 10.6. The van der Waals surface area contributed by atoms with Gasteiger partial charge in [-0.15, -0.1) is 0 Å². The summed E-state index contributed by atoms with van der Waals surface area (Å²) in [7, 11) is 1.37. The molecular weight excluding hydrogens is 396 g/mol. The second-order valence-corrected chi connectivity index (χ2v) is 7.50. The molecule has 2 aromatic rings. The summed E-state index contributed by atoms with van der Waals surface area (Å²) in [6.45, 7) is 4.22. The van der Waals surface area contributed by atoms with Crippen LogP contribution < -0.4 is 10.2 Å². The molecule has 0 spiro atoms. The lowest BCUT2D eigenvalue weighted by atomic mass is 10.0. The van der Waals surface area contributed by atoms with Crippen molar-refractivity contribution < 1.29 is 23.8 Å². The van der Waals surface area contributed by atoms with Crippen molar-refractivity contribution in [3.63, 3.8) is 0 Å². The molecule has 0 aromatic heterocycles. The molecule has 31 heavy (non-hydrogen) atoms. The van der Waals surface area contributed by atoms with Crippen molar-refractivity contribution in [3.8, 4) is 0 Å². The second kappa shape index (κ2) is 11.4. The van der Waals surface area contributed by atoms with Gasteiger partial charge >= 0.3 is 12.1 Å². The molecule has 1 N–H and O–H groups in total. The Morgan fingerprint density at radius 2 is 1.94 bits per heavy atom. The van der Waals surface area contributed by atoms with Crippen LogP contribution >= 0.6 is 0 Å². The van der Waals surface area contributed by atoms with Gasteiger partial charge in [0, 0.05) is 25.4 Å². The summed E-state index contributed by atoms with van der Waals surface area (Å²) in [5.74, 6) is -0.363. The van der Waals surface area contributed by atoms with Crippen molar-refractivity contribution in [1.82, 2.24) is 5.32 Å². The van der Waals surface area contributed by atoms with E-state index in [9.17, 15) is 9.59 Å². The molecule has 1 aliphatic rings. The molecule has 0 saturated carbocycles. The zero-order chi connectivity index (χ0) is 22.1. The van der Waals surface area contributed by atoms with Gasteiger partial charge in [-0.1, -0.05) is 43.3 Å². The molecular formula is C24H30N2O5. The number of ether oxygens (including phenoxy) is 3. The predicted molar refractivity (Wildman–Crippen MR) is 118 cm³/mol. The fraction of sp³-hybridized carbons (Fsp3) is 0.417. The number of hydrogen-bond donors (Lipinski definition) is 1. The summed E-state index contributed by atoms with van der Waals surface area (Å²) in [4.78, 5) is 26.4. The van der Waals surface area contributed by atoms with Crippen LogP contribution in [0.15, 0.2) is 54.6 Å². The molecule has 3 rings (SSSR count). The topological polar surface area (TPSA) is 77.1 Å². The number of carbonyl (C=O) groups is 2. The van der Waals surface area contributed by atoms with Crippen molar-refractivity contribution in [2.24, 2.45) is 0 Å². The first-order valence-electron chi connectivity index (χ1n) is 10.6. The number of benzene rings is 2. The zero-order valence-electron chi connectivity index (χ0n) is 18.1. The molecule has 1 aliphatic heterocycles. The number of nitrogens with one attached hydrogen (secondary N) is 1. The van der Waals surface area contributed by atoms with Crippen LogP contribution in [0.4, 0.5) is 10.5 Å². The smallest absolute Gasteiger partial charge is 0.407 e. The largest absolute Gasteiger partial charge is 0.465 e. The molecule has 1 heterocycles. The molecule has 2 aromatic carbocycles. The second-order valence-electron chi connectivity index (χ2n) is 7.50. The summed E-state index contributed by atoms with van der Waals surface area (Å²) >= 11 is 0. The highest BCUT2D eigenvalue weighted by Crippen LogP contribution is 2.23. The lowest BCUT2D eigenvalue weighted by Gasteiger charge is -2.39. The first-order chi connectivity index (χ1) is 15.1. The van der Waals surface area contributed by atoms with Crippen molar-refractivity contribution >= 4 is 17.7 Å². The number of hydrogen-bond acceptors (Lipinski definition) is 6. The predicted octanol–water partition coefficient (Wildman–Crippen LogP) is 3.77. The van der Waals surface area contributed by atoms with E-state index in [0.717, 1.165) is 24.2 Å². The molecule has 7 heteroatoms. The van der Waals surface area contributed by atoms with E-state index in [0.29, 0.717) is 25.1 Å². The summed E-state index contributed by atoms with van der Waals surface area (Å²) in [5, 5.41) is 2.97. The Hall–Kier alpha value is -3.06. The van der Waals surface area contributed by atoms with Crippen molar-refractivity contribution in [3.05, 3.63) is 65.7 Å². The molecule has 1 fully saturated rings.